The van der Waals surface area contributed by atoms with E-state index in [1.165, 1.54) is 51.4 Å². The fourth-order valence-corrected chi connectivity index (χ4v) is 3.38. The van der Waals surface area contributed by atoms with E-state index in [4.69, 9.17) is 4.18 Å². The molecule has 0 aliphatic heterocycles. The molecule has 1 aromatic rings. The van der Waals surface area contributed by atoms with E-state index in [-0.39, 0.29) is 35.4 Å². The Morgan fingerprint density at radius 1 is 0.783 bits per heavy atom. The number of hydrogen-bond donors (Lipinski definition) is 0. The molecular formula is C18H30O3SSn. The summed E-state index contributed by atoms with van der Waals surface area (Å²) in [7, 11) is -3.57. The Labute approximate surface area is 159 Å². The van der Waals surface area contributed by atoms with Crippen LogP contribution in [0.2, 0.25) is 0 Å². The Hall–Kier alpha value is -0.0713. The molecule has 0 fully saturated rings. The van der Waals surface area contributed by atoms with Crippen molar-refractivity contribution in [2.24, 2.45) is 0 Å². The Morgan fingerprint density at radius 3 is 1.78 bits per heavy atom. The summed E-state index contributed by atoms with van der Waals surface area (Å²) in [6.07, 6.45) is 12.3. The van der Waals surface area contributed by atoms with E-state index in [2.05, 4.69) is 6.92 Å². The molecule has 0 bridgehead atoms. The molecule has 0 N–H and O–H groups in total. The second-order valence-corrected chi connectivity index (χ2v) is 7.39. The van der Waals surface area contributed by atoms with Crippen LogP contribution >= 0.6 is 0 Å². The van der Waals surface area contributed by atoms with Crippen LogP contribution in [0, 0.1) is 0 Å². The molecule has 0 heterocycles. The predicted molar refractivity (Wildman–Crippen MR) is 97.2 cm³/mol. The molecule has 4 radical (unpaired) electrons. The van der Waals surface area contributed by atoms with Crippen LogP contribution in [0.1, 0.15) is 71.1 Å². The summed E-state index contributed by atoms with van der Waals surface area (Å²) in [4.78, 5) is 0.238. The molecule has 5 heteroatoms. The number of rotatable bonds is 13. The van der Waals surface area contributed by atoms with Crippen molar-refractivity contribution in [1.82, 2.24) is 0 Å². The first-order valence-corrected chi connectivity index (χ1v) is 10.0. The van der Waals surface area contributed by atoms with E-state index in [0.717, 1.165) is 12.8 Å². The van der Waals surface area contributed by atoms with Crippen molar-refractivity contribution < 1.29 is 12.6 Å². The molecule has 0 saturated carbocycles. The molecule has 0 aliphatic carbocycles. The van der Waals surface area contributed by atoms with Crippen molar-refractivity contribution in [2.75, 3.05) is 6.61 Å². The monoisotopic (exact) mass is 446 g/mol. The molecule has 3 nitrogen and oxygen atoms in total. The van der Waals surface area contributed by atoms with Gasteiger partial charge in [-0.3, -0.25) is 4.18 Å². The third-order valence-corrected chi connectivity index (χ3v) is 5.09. The molecule has 0 saturated heterocycles. The van der Waals surface area contributed by atoms with E-state index < -0.39 is 10.1 Å². The fourth-order valence-electron chi connectivity index (χ4n) is 2.41. The number of hydrogen-bond acceptors (Lipinski definition) is 3. The Kier molecular flexibility index (Phi) is 14.2. The zero-order valence-corrected chi connectivity index (χ0v) is 18.0. The minimum atomic E-state index is -3.57. The van der Waals surface area contributed by atoms with Crippen molar-refractivity contribution in [3.63, 3.8) is 0 Å². The second-order valence-electron chi connectivity index (χ2n) is 5.77. The number of benzene rings is 1. The maximum atomic E-state index is 11.9. The molecule has 23 heavy (non-hydrogen) atoms. The van der Waals surface area contributed by atoms with Gasteiger partial charge in [-0.15, -0.1) is 0 Å². The molecule has 0 aliphatic rings. The normalized spacial score (nSPS) is 11.2. The Bertz CT molecular complexity index is 474. The number of unbranched alkanes of at least 4 members (excludes halogenated alkanes) is 9. The quantitative estimate of drug-likeness (QED) is 0.246. The van der Waals surface area contributed by atoms with Gasteiger partial charge in [0.15, 0.2) is 0 Å². The molecule has 0 atom stereocenters. The first-order chi connectivity index (χ1) is 10.7. The standard InChI is InChI=1S/C18H30O3S.Sn/c1-2-3-4-5-6-7-8-9-10-14-17-21-22(19,20)18-15-12-11-13-16-18;/h11-13,15-16H,2-10,14,17H2,1H3;. The molecule has 0 spiro atoms. The predicted octanol–water partition coefficient (Wildman–Crippen LogP) is 4.93. The third kappa shape index (κ3) is 11.2. The molecular weight excluding hydrogens is 415 g/mol. The summed E-state index contributed by atoms with van der Waals surface area (Å²) in [6, 6.07) is 8.33. The van der Waals surface area contributed by atoms with Crippen molar-refractivity contribution in [3.05, 3.63) is 30.3 Å². The van der Waals surface area contributed by atoms with Crippen LogP contribution < -0.4 is 0 Å². The average Bonchev–Trinajstić information content (AvgIpc) is 2.53. The zero-order valence-electron chi connectivity index (χ0n) is 14.3. The van der Waals surface area contributed by atoms with Gasteiger partial charge in [0.05, 0.1) is 11.5 Å². The van der Waals surface area contributed by atoms with Gasteiger partial charge in [-0.05, 0) is 18.6 Å². The van der Waals surface area contributed by atoms with Gasteiger partial charge in [0.2, 0.25) is 0 Å². The maximum absolute atomic E-state index is 11.9. The molecule has 0 unspecified atom stereocenters. The molecule has 1 rings (SSSR count). The van der Waals surface area contributed by atoms with Crippen LogP contribution in [-0.4, -0.2) is 38.9 Å². The summed E-state index contributed by atoms with van der Waals surface area (Å²) in [6.45, 7) is 2.52. The van der Waals surface area contributed by atoms with Gasteiger partial charge in [-0.2, -0.15) is 8.42 Å². The van der Waals surface area contributed by atoms with Gasteiger partial charge >= 0.3 is 0 Å². The summed E-state index contributed by atoms with van der Waals surface area (Å²) in [5.74, 6) is 0. The maximum Gasteiger partial charge on any atom is 0.296 e. The average molecular weight is 445 g/mol. The molecule has 0 aromatic heterocycles. The Balaban J connectivity index is 0.00000484. The summed E-state index contributed by atoms with van der Waals surface area (Å²) >= 11 is 0. The fraction of sp³-hybridized carbons (Fsp3) is 0.667. The van der Waals surface area contributed by atoms with Gasteiger partial charge in [-0.1, -0.05) is 82.9 Å². The van der Waals surface area contributed by atoms with Crippen LogP contribution in [0.3, 0.4) is 0 Å². The Morgan fingerprint density at radius 2 is 1.26 bits per heavy atom. The topological polar surface area (TPSA) is 43.4 Å². The van der Waals surface area contributed by atoms with Gasteiger partial charge < -0.3 is 0 Å². The van der Waals surface area contributed by atoms with E-state index in [9.17, 15) is 8.42 Å². The van der Waals surface area contributed by atoms with Crippen LogP contribution in [0.4, 0.5) is 0 Å². The van der Waals surface area contributed by atoms with E-state index in [1.807, 2.05) is 0 Å². The summed E-state index contributed by atoms with van der Waals surface area (Å²) in [5, 5.41) is 0. The van der Waals surface area contributed by atoms with Gasteiger partial charge in [-0.25, -0.2) is 0 Å². The molecule has 130 valence electrons. The third-order valence-electron chi connectivity index (χ3n) is 3.77. The second kappa shape index (κ2) is 14.3. The minimum absolute atomic E-state index is 0. The summed E-state index contributed by atoms with van der Waals surface area (Å²) in [5.41, 5.74) is 0. The van der Waals surface area contributed by atoms with Crippen LogP contribution in [-0.2, 0) is 14.3 Å². The van der Waals surface area contributed by atoms with E-state index in [1.54, 1.807) is 30.3 Å². The van der Waals surface area contributed by atoms with Crippen LogP contribution in [0.25, 0.3) is 0 Å². The SMILES string of the molecule is CCCCCCCCCCCCOS(=O)(=O)c1ccccc1.[Sn]. The largest absolute Gasteiger partial charge is 0.296 e. The van der Waals surface area contributed by atoms with Crippen LogP contribution in [0.15, 0.2) is 35.2 Å². The first kappa shape index (κ1) is 22.9. The van der Waals surface area contributed by atoms with Gasteiger partial charge in [0.25, 0.3) is 10.1 Å². The van der Waals surface area contributed by atoms with Gasteiger partial charge in [0.1, 0.15) is 0 Å². The van der Waals surface area contributed by atoms with Crippen molar-refractivity contribution in [2.45, 2.75) is 76.0 Å². The smallest absolute Gasteiger partial charge is 0.266 e. The van der Waals surface area contributed by atoms with Crippen molar-refractivity contribution in [1.29, 1.82) is 0 Å². The van der Waals surface area contributed by atoms with E-state index >= 15 is 0 Å². The van der Waals surface area contributed by atoms with Crippen LogP contribution in [0.5, 0.6) is 0 Å². The molecule has 1 aromatic carbocycles. The van der Waals surface area contributed by atoms with Crippen molar-refractivity contribution in [3.8, 4) is 0 Å². The van der Waals surface area contributed by atoms with Crippen molar-refractivity contribution >= 4 is 34.0 Å². The minimum Gasteiger partial charge on any atom is -0.266 e. The zero-order chi connectivity index (χ0) is 16.1. The molecule has 0 amide bonds. The first-order valence-electron chi connectivity index (χ1n) is 8.61. The van der Waals surface area contributed by atoms with E-state index in [0.29, 0.717) is 0 Å². The van der Waals surface area contributed by atoms with Gasteiger partial charge in [0, 0.05) is 23.9 Å². The summed E-state index contributed by atoms with van der Waals surface area (Å²) < 4.78 is 28.8.